The summed E-state index contributed by atoms with van der Waals surface area (Å²) in [5.74, 6) is 0.0239. The van der Waals surface area contributed by atoms with Crippen molar-refractivity contribution in [3.05, 3.63) is 28.3 Å². The highest BCUT2D eigenvalue weighted by Crippen LogP contribution is 2.45. The van der Waals surface area contributed by atoms with Crippen molar-refractivity contribution >= 4 is 17.5 Å². The average molecular weight is 295 g/mol. The van der Waals surface area contributed by atoms with Crippen LogP contribution in [0.1, 0.15) is 35.8 Å². The average Bonchev–Trinajstić information content (AvgIpc) is 2.74. The van der Waals surface area contributed by atoms with Crippen molar-refractivity contribution in [2.45, 2.75) is 25.4 Å². The highest BCUT2D eigenvalue weighted by Gasteiger charge is 2.47. The fourth-order valence-electron chi connectivity index (χ4n) is 2.42. The molecule has 5 nitrogen and oxygen atoms in total. The van der Waals surface area contributed by atoms with E-state index in [-0.39, 0.29) is 12.5 Å². The Labute approximate surface area is 122 Å². The molecule has 0 saturated heterocycles. The van der Waals surface area contributed by atoms with Gasteiger partial charge in [0.15, 0.2) is 0 Å². The Morgan fingerprint density at radius 3 is 2.70 bits per heavy atom. The molecule has 1 aromatic carbocycles. The molecule has 20 heavy (non-hydrogen) atoms. The highest BCUT2D eigenvalue weighted by atomic mass is 35.5. The van der Waals surface area contributed by atoms with Gasteiger partial charge in [0.2, 0.25) is 0 Å². The van der Waals surface area contributed by atoms with Crippen LogP contribution >= 0.6 is 11.6 Å². The molecular formula is C14H15ClN2O3. The van der Waals surface area contributed by atoms with Gasteiger partial charge in [-0.15, -0.1) is 0 Å². The quantitative estimate of drug-likeness (QED) is 0.927. The number of carbonyl (C=O) groups is 1. The van der Waals surface area contributed by atoms with Crippen LogP contribution in [0.25, 0.3) is 0 Å². The van der Waals surface area contributed by atoms with Gasteiger partial charge < -0.3 is 14.7 Å². The summed E-state index contributed by atoms with van der Waals surface area (Å²) in [6.45, 7) is 3.13. The van der Waals surface area contributed by atoms with Gasteiger partial charge in [-0.25, -0.2) is 0 Å². The zero-order valence-corrected chi connectivity index (χ0v) is 12.2. The van der Waals surface area contributed by atoms with E-state index in [4.69, 9.17) is 16.3 Å². The monoisotopic (exact) mass is 294 g/mol. The fourth-order valence-corrected chi connectivity index (χ4v) is 2.68. The largest absolute Gasteiger partial charge is 0.496 e. The number of amides is 1. The third-order valence-electron chi connectivity index (χ3n) is 3.50. The van der Waals surface area contributed by atoms with Crippen LogP contribution in [-0.2, 0) is 0 Å². The standard InChI is InChI=1S/C14H15ClN2O3/c1-14(2,7-18)17-9(6-16)11-8(15)4-5-10(20-3)12(11)13(17)19/h4-5,9,18H,7H2,1-3H3. The zero-order chi connectivity index (χ0) is 15.1. The minimum Gasteiger partial charge on any atom is -0.496 e. The molecule has 1 amide bonds. The maximum atomic E-state index is 12.6. The molecule has 1 atom stereocenters. The molecule has 0 fully saturated rings. The van der Waals surface area contributed by atoms with Gasteiger partial charge >= 0.3 is 0 Å². The minimum absolute atomic E-state index is 0.259. The number of ether oxygens (including phenoxy) is 1. The molecule has 1 N–H and O–H groups in total. The number of nitriles is 1. The summed E-state index contributed by atoms with van der Waals surface area (Å²) in [6, 6.07) is 4.46. The lowest BCUT2D eigenvalue weighted by Crippen LogP contribution is -2.48. The second-order valence-corrected chi connectivity index (χ2v) is 5.62. The van der Waals surface area contributed by atoms with E-state index in [2.05, 4.69) is 6.07 Å². The summed E-state index contributed by atoms with van der Waals surface area (Å²) in [5, 5.41) is 19.3. The van der Waals surface area contributed by atoms with Crippen LogP contribution in [-0.4, -0.2) is 35.2 Å². The molecule has 2 rings (SSSR count). The van der Waals surface area contributed by atoms with Gasteiger partial charge in [0.25, 0.3) is 5.91 Å². The summed E-state index contributed by atoms with van der Waals surface area (Å²) in [6.07, 6.45) is 0. The molecule has 1 aromatic rings. The molecule has 1 unspecified atom stereocenters. The molecule has 0 radical (unpaired) electrons. The third-order valence-corrected chi connectivity index (χ3v) is 3.83. The number of nitrogens with zero attached hydrogens (tertiary/aromatic N) is 2. The third kappa shape index (κ3) is 1.92. The van der Waals surface area contributed by atoms with Crippen molar-refractivity contribution in [1.29, 1.82) is 5.26 Å². The molecule has 6 heteroatoms. The van der Waals surface area contributed by atoms with Gasteiger partial charge in [-0.2, -0.15) is 5.26 Å². The van der Waals surface area contributed by atoms with Gasteiger partial charge in [-0.1, -0.05) is 11.6 Å². The van der Waals surface area contributed by atoms with Crippen molar-refractivity contribution in [3.63, 3.8) is 0 Å². The summed E-state index contributed by atoms with van der Waals surface area (Å²) in [4.78, 5) is 14.0. The number of fused-ring (bicyclic) bond motifs is 1. The predicted molar refractivity (Wildman–Crippen MR) is 73.7 cm³/mol. The normalized spacial score (nSPS) is 17.9. The zero-order valence-electron chi connectivity index (χ0n) is 11.5. The number of hydrogen-bond acceptors (Lipinski definition) is 4. The maximum absolute atomic E-state index is 12.6. The number of halogens is 1. The number of aliphatic hydroxyl groups excluding tert-OH is 1. The Hall–Kier alpha value is -1.77. The number of benzene rings is 1. The molecule has 1 heterocycles. The first-order valence-corrected chi connectivity index (χ1v) is 6.47. The van der Waals surface area contributed by atoms with Crippen LogP contribution in [0.2, 0.25) is 5.02 Å². The fraction of sp³-hybridized carbons (Fsp3) is 0.429. The molecule has 0 spiro atoms. The number of hydrogen-bond donors (Lipinski definition) is 1. The first kappa shape index (κ1) is 14.6. The van der Waals surface area contributed by atoms with Crippen LogP contribution in [0.3, 0.4) is 0 Å². The summed E-state index contributed by atoms with van der Waals surface area (Å²) < 4.78 is 5.19. The smallest absolute Gasteiger partial charge is 0.259 e. The molecule has 1 aliphatic heterocycles. The van der Waals surface area contributed by atoms with E-state index < -0.39 is 11.6 Å². The first-order valence-electron chi connectivity index (χ1n) is 6.09. The Morgan fingerprint density at radius 1 is 1.55 bits per heavy atom. The molecule has 0 bridgehead atoms. The van der Waals surface area contributed by atoms with Gasteiger partial charge in [0.1, 0.15) is 11.8 Å². The summed E-state index contributed by atoms with van der Waals surface area (Å²) >= 11 is 6.15. The second-order valence-electron chi connectivity index (χ2n) is 5.22. The predicted octanol–water partition coefficient (Wildman–Crippen LogP) is 2.14. The molecule has 106 valence electrons. The van der Waals surface area contributed by atoms with Gasteiger partial charge in [0, 0.05) is 10.6 Å². The van der Waals surface area contributed by atoms with Gasteiger partial charge in [0.05, 0.1) is 30.9 Å². The number of carbonyl (C=O) groups excluding carboxylic acids is 1. The lowest BCUT2D eigenvalue weighted by Gasteiger charge is -2.36. The molecule has 0 aliphatic carbocycles. The van der Waals surface area contributed by atoms with E-state index in [1.807, 2.05) is 0 Å². The van der Waals surface area contributed by atoms with Crippen molar-refractivity contribution in [2.24, 2.45) is 0 Å². The summed E-state index contributed by atoms with van der Waals surface area (Å²) in [5.41, 5.74) is -0.127. The lowest BCUT2D eigenvalue weighted by atomic mass is 10.0. The van der Waals surface area contributed by atoms with Gasteiger partial charge in [-0.3, -0.25) is 4.79 Å². The van der Waals surface area contributed by atoms with Crippen LogP contribution in [0.5, 0.6) is 5.75 Å². The first-order chi connectivity index (χ1) is 9.38. The number of rotatable bonds is 3. The highest BCUT2D eigenvalue weighted by molar-refractivity contribution is 6.32. The Balaban J connectivity index is 2.70. The van der Waals surface area contributed by atoms with Crippen LogP contribution in [0, 0.1) is 11.3 Å². The Morgan fingerprint density at radius 2 is 2.20 bits per heavy atom. The molecular weight excluding hydrogens is 280 g/mol. The van der Waals surface area contributed by atoms with Gasteiger partial charge in [-0.05, 0) is 26.0 Å². The Bertz CT molecular complexity index is 607. The van der Waals surface area contributed by atoms with E-state index in [9.17, 15) is 15.2 Å². The SMILES string of the molecule is COc1ccc(Cl)c2c1C(=O)N(C(C)(C)CO)C2C#N. The van der Waals surface area contributed by atoms with Crippen molar-refractivity contribution in [2.75, 3.05) is 13.7 Å². The minimum atomic E-state index is -0.870. The molecule has 0 aromatic heterocycles. The van der Waals surface area contributed by atoms with E-state index in [1.165, 1.54) is 12.0 Å². The maximum Gasteiger partial charge on any atom is 0.259 e. The Kier molecular flexibility index (Phi) is 3.63. The van der Waals surface area contributed by atoms with Crippen LogP contribution in [0.15, 0.2) is 12.1 Å². The number of aliphatic hydroxyl groups is 1. The second kappa shape index (κ2) is 4.97. The summed E-state index contributed by atoms with van der Waals surface area (Å²) in [7, 11) is 1.46. The van der Waals surface area contributed by atoms with E-state index in [1.54, 1.807) is 26.0 Å². The van der Waals surface area contributed by atoms with E-state index in [0.717, 1.165) is 0 Å². The van der Waals surface area contributed by atoms with Crippen molar-refractivity contribution in [1.82, 2.24) is 4.90 Å². The van der Waals surface area contributed by atoms with Crippen molar-refractivity contribution in [3.8, 4) is 11.8 Å². The van der Waals surface area contributed by atoms with Crippen LogP contribution < -0.4 is 4.74 Å². The number of methoxy groups -OCH3 is 1. The lowest BCUT2D eigenvalue weighted by molar-refractivity contribution is 0.0336. The van der Waals surface area contributed by atoms with E-state index in [0.29, 0.717) is 21.9 Å². The van der Waals surface area contributed by atoms with Crippen molar-refractivity contribution < 1.29 is 14.6 Å². The molecule has 0 saturated carbocycles. The molecule has 1 aliphatic rings. The van der Waals surface area contributed by atoms with E-state index >= 15 is 0 Å². The van der Waals surface area contributed by atoms with Crippen LogP contribution in [0.4, 0.5) is 0 Å². The topological polar surface area (TPSA) is 73.6 Å².